The van der Waals surface area contributed by atoms with Crippen LogP contribution in [0.25, 0.3) is 0 Å². The lowest BCUT2D eigenvalue weighted by atomic mass is 10.1. The summed E-state index contributed by atoms with van der Waals surface area (Å²) in [6.45, 7) is 0. The molecule has 0 spiro atoms. The molecule has 0 aliphatic carbocycles. The smallest absolute Gasteiger partial charge is 0.228 e. The highest BCUT2D eigenvalue weighted by molar-refractivity contribution is 7.91. The topological polar surface area (TPSA) is 83.5 Å². The van der Waals surface area contributed by atoms with E-state index < -0.39 is 27.5 Å². The molecule has 5 nitrogen and oxygen atoms in total. The van der Waals surface area contributed by atoms with Gasteiger partial charge in [0.15, 0.2) is 9.84 Å². The third-order valence-electron chi connectivity index (χ3n) is 2.81. The number of halogens is 1. The number of sulfone groups is 1. The maximum absolute atomic E-state index is 13.4. The summed E-state index contributed by atoms with van der Waals surface area (Å²) in [5, 5.41) is 11.3. The van der Waals surface area contributed by atoms with Crippen LogP contribution in [-0.4, -0.2) is 30.9 Å². The maximum Gasteiger partial charge on any atom is 0.228 e. The SMILES string of the molecule is O=C(Nc1ccc(O)cc1F)C1CCS(=O)(=O)C1. The van der Waals surface area contributed by atoms with Gasteiger partial charge < -0.3 is 10.4 Å². The Morgan fingerprint density at radius 2 is 2.17 bits per heavy atom. The van der Waals surface area contributed by atoms with Gasteiger partial charge in [-0.15, -0.1) is 0 Å². The highest BCUT2D eigenvalue weighted by atomic mass is 32.2. The number of rotatable bonds is 2. The van der Waals surface area contributed by atoms with Crippen molar-refractivity contribution in [2.45, 2.75) is 6.42 Å². The van der Waals surface area contributed by atoms with E-state index in [4.69, 9.17) is 5.11 Å². The molecule has 0 bridgehead atoms. The summed E-state index contributed by atoms with van der Waals surface area (Å²) in [5.74, 6) is -2.36. The number of hydrogen-bond donors (Lipinski definition) is 2. The second-order valence-electron chi connectivity index (χ2n) is 4.25. The fourth-order valence-corrected chi connectivity index (χ4v) is 3.58. The van der Waals surface area contributed by atoms with Gasteiger partial charge in [-0.05, 0) is 18.6 Å². The van der Waals surface area contributed by atoms with Gasteiger partial charge in [-0.2, -0.15) is 0 Å². The summed E-state index contributed by atoms with van der Waals surface area (Å²) in [6.07, 6.45) is 0.258. The van der Waals surface area contributed by atoms with E-state index in [0.29, 0.717) is 0 Å². The standard InChI is InChI=1S/C11H12FNO4S/c12-9-5-8(14)1-2-10(9)13-11(15)7-3-4-18(16,17)6-7/h1-2,5,7,14H,3-4,6H2,(H,13,15). The Balaban J connectivity index is 2.08. The average molecular weight is 273 g/mol. The Labute approximate surface area is 104 Å². The van der Waals surface area contributed by atoms with Gasteiger partial charge in [0, 0.05) is 6.07 Å². The van der Waals surface area contributed by atoms with Crippen molar-refractivity contribution in [2.24, 2.45) is 5.92 Å². The first-order valence-electron chi connectivity index (χ1n) is 5.37. The quantitative estimate of drug-likeness (QED) is 0.784. The van der Waals surface area contributed by atoms with Gasteiger partial charge in [0.25, 0.3) is 0 Å². The van der Waals surface area contributed by atoms with E-state index in [9.17, 15) is 17.6 Å². The molecule has 0 saturated carbocycles. The van der Waals surface area contributed by atoms with Crippen LogP contribution in [0, 0.1) is 11.7 Å². The van der Waals surface area contributed by atoms with Crippen LogP contribution in [0.5, 0.6) is 5.75 Å². The predicted molar refractivity (Wildman–Crippen MR) is 63.5 cm³/mol. The van der Waals surface area contributed by atoms with Crippen LogP contribution in [0.15, 0.2) is 18.2 Å². The Hall–Kier alpha value is -1.63. The third kappa shape index (κ3) is 2.79. The third-order valence-corrected chi connectivity index (χ3v) is 4.58. The summed E-state index contributed by atoms with van der Waals surface area (Å²) < 4.78 is 35.8. The van der Waals surface area contributed by atoms with Crippen molar-refractivity contribution in [3.8, 4) is 5.75 Å². The summed E-state index contributed by atoms with van der Waals surface area (Å²) >= 11 is 0. The van der Waals surface area contributed by atoms with Crippen molar-refractivity contribution in [2.75, 3.05) is 16.8 Å². The number of aromatic hydroxyl groups is 1. The molecule has 2 N–H and O–H groups in total. The Kier molecular flexibility index (Phi) is 3.25. The van der Waals surface area contributed by atoms with Crippen molar-refractivity contribution in [1.82, 2.24) is 0 Å². The van der Waals surface area contributed by atoms with Crippen molar-refractivity contribution < 1.29 is 22.7 Å². The molecule has 98 valence electrons. The van der Waals surface area contributed by atoms with Crippen LogP contribution < -0.4 is 5.32 Å². The number of carbonyl (C=O) groups is 1. The summed E-state index contributed by atoms with van der Waals surface area (Å²) in [4.78, 5) is 11.7. The zero-order valence-electron chi connectivity index (χ0n) is 9.39. The zero-order valence-corrected chi connectivity index (χ0v) is 10.2. The molecule has 1 saturated heterocycles. The molecule has 1 aliphatic heterocycles. The van der Waals surface area contributed by atoms with Crippen LogP contribution in [0.4, 0.5) is 10.1 Å². The Morgan fingerprint density at radius 3 is 2.72 bits per heavy atom. The Morgan fingerprint density at radius 1 is 1.44 bits per heavy atom. The minimum atomic E-state index is -3.14. The highest BCUT2D eigenvalue weighted by Gasteiger charge is 2.33. The van der Waals surface area contributed by atoms with Gasteiger partial charge >= 0.3 is 0 Å². The normalized spacial score (nSPS) is 21.7. The molecule has 1 heterocycles. The van der Waals surface area contributed by atoms with E-state index >= 15 is 0 Å². The highest BCUT2D eigenvalue weighted by Crippen LogP contribution is 2.23. The molecule has 18 heavy (non-hydrogen) atoms. The Bertz CT molecular complexity index is 585. The van der Waals surface area contributed by atoms with E-state index in [-0.39, 0.29) is 29.4 Å². The van der Waals surface area contributed by atoms with Crippen LogP contribution in [0.3, 0.4) is 0 Å². The minimum Gasteiger partial charge on any atom is -0.508 e. The van der Waals surface area contributed by atoms with Gasteiger partial charge in [0.2, 0.25) is 5.91 Å². The molecule has 1 aliphatic rings. The molecule has 1 amide bonds. The first-order chi connectivity index (χ1) is 8.37. The second kappa shape index (κ2) is 4.56. The molecule has 0 radical (unpaired) electrons. The number of hydrogen-bond acceptors (Lipinski definition) is 4. The number of nitrogens with one attached hydrogen (secondary N) is 1. The van der Waals surface area contributed by atoms with E-state index in [0.717, 1.165) is 6.07 Å². The average Bonchev–Trinajstić information content (AvgIpc) is 2.63. The van der Waals surface area contributed by atoms with Crippen LogP contribution in [0.2, 0.25) is 0 Å². The summed E-state index contributed by atoms with van der Waals surface area (Å²) in [6, 6.07) is 3.34. The molecular weight excluding hydrogens is 261 g/mol. The van der Waals surface area contributed by atoms with E-state index in [2.05, 4.69) is 5.32 Å². The van der Waals surface area contributed by atoms with E-state index in [1.54, 1.807) is 0 Å². The van der Waals surface area contributed by atoms with E-state index in [1.807, 2.05) is 0 Å². The lowest BCUT2D eigenvalue weighted by Gasteiger charge is -2.10. The number of amides is 1. The van der Waals surface area contributed by atoms with Crippen molar-refractivity contribution in [1.29, 1.82) is 0 Å². The predicted octanol–water partition coefficient (Wildman–Crippen LogP) is 0.905. The molecule has 1 fully saturated rings. The van der Waals surface area contributed by atoms with Gasteiger partial charge in [-0.1, -0.05) is 0 Å². The first kappa shape index (κ1) is 12.8. The molecule has 1 aromatic rings. The molecule has 1 aromatic carbocycles. The first-order valence-corrected chi connectivity index (χ1v) is 7.19. The van der Waals surface area contributed by atoms with Crippen molar-refractivity contribution in [3.63, 3.8) is 0 Å². The molecule has 0 aromatic heterocycles. The summed E-state index contributed by atoms with van der Waals surface area (Å²) in [5.41, 5.74) is -0.0675. The molecule has 2 rings (SSSR count). The second-order valence-corrected chi connectivity index (χ2v) is 6.48. The minimum absolute atomic E-state index is 0.0108. The molecule has 7 heteroatoms. The number of carbonyl (C=O) groups excluding carboxylic acids is 1. The monoisotopic (exact) mass is 273 g/mol. The molecule has 1 atom stereocenters. The van der Waals surface area contributed by atoms with Crippen LogP contribution in [0.1, 0.15) is 6.42 Å². The fraction of sp³-hybridized carbons (Fsp3) is 0.364. The van der Waals surface area contributed by atoms with Gasteiger partial charge in [-0.25, -0.2) is 12.8 Å². The number of anilines is 1. The molecule has 1 unspecified atom stereocenters. The number of benzene rings is 1. The van der Waals surface area contributed by atoms with Crippen LogP contribution >= 0.6 is 0 Å². The maximum atomic E-state index is 13.4. The summed E-state index contributed by atoms with van der Waals surface area (Å²) in [7, 11) is -3.14. The number of phenols is 1. The lowest BCUT2D eigenvalue weighted by molar-refractivity contribution is -0.119. The lowest BCUT2D eigenvalue weighted by Crippen LogP contribution is -2.24. The van der Waals surface area contributed by atoms with Crippen LogP contribution in [-0.2, 0) is 14.6 Å². The number of phenolic OH excluding ortho intramolecular Hbond substituents is 1. The van der Waals surface area contributed by atoms with Gasteiger partial charge in [0.05, 0.1) is 23.1 Å². The van der Waals surface area contributed by atoms with Crippen molar-refractivity contribution >= 4 is 21.4 Å². The largest absolute Gasteiger partial charge is 0.508 e. The van der Waals surface area contributed by atoms with Crippen molar-refractivity contribution in [3.05, 3.63) is 24.0 Å². The zero-order chi connectivity index (χ0) is 13.3. The van der Waals surface area contributed by atoms with Gasteiger partial charge in [-0.3, -0.25) is 4.79 Å². The van der Waals surface area contributed by atoms with Gasteiger partial charge in [0.1, 0.15) is 11.6 Å². The van der Waals surface area contributed by atoms with E-state index in [1.165, 1.54) is 12.1 Å². The molecular formula is C11H12FNO4S. The fourth-order valence-electron chi connectivity index (χ4n) is 1.84.